The van der Waals surface area contributed by atoms with E-state index in [0.29, 0.717) is 17.0 Å². The summed E-state index contributed by atoms with van der Waals surface area (Å²) in [5.74, 6) is 0.0418. The summed E-state index contributed by atoms with van der Waals surface area (Å²) in [6, 6.07) is 10.8. The fourth-order valence-corrected chi connectivity index (χ4v) is 2.83. The molecule has 0 radical (unpaired) electrons. The molecular formula is C21H21N5O2. The van der Waals surface area contributed by atoms with Gasteiger partial charge in [0.2, 0.25) is 0 Å². The second-order valence-corrected chi connectivity index (χ2v) is 6.39. The van der Waals surface area contributed by atoms with Gasteiger partial charge in [0.15, 0.2) is 0 Å². The van der Waals surface area contributed by atoms with Gasteiger partial charge in [0.1, 0.15) is 12.4 Å². The van der Waals surface area contributed by atoms with Crippen molar-refractivity contribution in [3.63, 3.8) is 0 Å². The minimum Gasteiger partial charge on any atom is -0.487 e. The molecule has 2 aromatic heterocycles. The second kappa shape index (κ2) is 8.30. The summed E-state index contributed by atoms with van der Waals surface area (Å²) in [5.41, 5.74) is 8.49. The lowest BCUT2D eigenvalue weighted by molar-refractivity contribution is 0.0997. The molecular weight excluding hydrogens is 354 g/mol. The number of benzene rings is 1. The van der Waals surface area contributed by atoms with Gasteiger partial charge in [-0.3, -0.25) is 14.8 Å². The van der Waals surface area contributed by atoms with Gasteiger partial charge in [-0.05, 0) is 42.0 Å². The lowest BCUT2D eigenvalue weighted by atomic mass is 10.0. The molecule has 0 spiro atoms. The second-order valence-electron chi connectivity index (χ2n) is 6.39. The van der Waals surface area contributed by atoms with Gasteiger partial charge in [0.05, 0.1) is 16.8 Å². The molecule has 142 valence electrons. The predicted octanol–water partition coefficient (Wildman–Crippen LogP) is 2.86. The number of nitrogens with zero attached hydrogens (tertiary/aromatic N) is 3. The third kappa shape index (κ3) is 4.15. The lowest BCUT2D eigenvalue weighted by Gasteiger charge is -2.14. The van der Waals surface area contributed by atoms with Gasteiger partial charge < -0.3 is 20.8 Å². The van der Waals surface area contributed by atoms with Gasteiger partial charge in [-0.25, -0.2) is 0 Å². The summed E-state index contributed by atoms with van der Waals surface area (Å²) in [6.45, 7) is 0.0872. The van der Waals surface area contributed by atoms with E-state index in [4.69, 9.17) is 15.9 Å². The molecule has 7 nitrogen and oxygen atoms in total. The highest BCUT2D eigenvalue weighted by Crippen LogP contribution is 2.30. The Labute approximate surface area is 163 Å². The van der Waals surface area contributed by atoms with Crippen LogP contribution in [0.4, 0.5) is 0 Å². The zero-order valence-corrected chi connectivity index (χ0v) is 15.7. The lowest BCUT2D eigenvalue weighted by Crippen LogP contribution is -2.15. The number of nitrogens with one attached hydrogen (secondary N) is 1. The molecule has 0 bridgehead atoms. The first-order valence-electron chi connectivity index (χ1n) is 8.64. The number of primary amides is 1. The van der Waals surface area contributed by atoms with Crippen LogP contribution in [0.2, 0.25) is 0 Å². The van der Waals surface area contributed by atoms with Crippen LogP contribution in [0.25, 0.3) is 16.5 Å². The Hall–Kier alpha value is -3.74. The smallest absolute Gasteiger partial charge is 0.250 e. The summed E-state index contributed by atoms with van der Waals surface area (Å²) in [7, 11) is 3.79. The molecule has 3 rings (SSSR count). The standard InChI is InChI=1S/C21H21N5O2/c1-26(2)12-15(11-22)14-9-18-16(5-3-7-24-18)20(10-14)28-13-19-17(21(23)27)6-4-8-25-19/h3-12,22H,13H2,1-2H3,(H2,23,27)/b15-12+,22-11?. The topological polar surface area (TPSA) is 105 Å². The zero-order valence-electron chi connectivity index (χ0n) is 15.7. The van der Waals surface area contributed by atoms with Crippen LogP contribution in [-0.2, 0) is 6.61 Å². The van der Waals surface area contributed by atoms with Crippen LogP contribution >= 0.6 is 0 Å². The zero-order chi connectivity index (χ0) is 20.1. The van der Waals surface area contributed by atoms with Crippen molar-refractivity contribution in [1.82, 2.24) is 14.9 Å². The first-order chi connectivity index (χ1) is 13.5. The number of hydrogen-bond acceptors (Lipinski definition) is 6. The molecule has 0 saturated carbocycles. The van der Waals surface area contributed by atoms with Crippen molar-refractivity contribution < 1.29 is 9.53 Å². The number of pyridine rings is 2. The van der Waals surface area contributed by atoms with Crippen molar-refractivity contribution in [2.75, 3.05) is 14.1 Å². The van der Waals surface area contributed by atoms with E-state index in [-0.39, 0.29) is 6.61 Å². The van der Waals surface area contributed by atoms with E-state index in [1.54, 1.807) is 24.5 Å². The monoisotopic (exact) mass is 375 g/mol. The highest BCUT2D eigenvalue weighted by molar-refractivity contribution is 6.09. The normalized spacial score (nSPS) is 11.3. The van der Waals surface area contributed by atoms with Crippen LogP contribution in [0, 0.1) is 5.41 Å². The number of ether oxygens (including phenoxy) is 1. The predicted molar refractivity (Wildman–Crippen MR) is 109 cm³/mol. The van der Waals surface area contributed by atoms with E-state index in [0.717, 1.165) is 22.0 Å². The van der Waals surface area contributed by atoms with Crippen molar-refractivity contribution >= 4 is 28.6 Å². The molecule has 0 unspecified atom stereocenters. The van der Waals surface area contributed by atoms with E-state index in [1.807, 2.05) is 49.5 Å². The van der Waals surface area contributed by atoms with Gasteiger partial charge in [0.25, 0.3) is 5.91 Å². The number of aromatic nitrogens is 2. The van der Waals surface area contributed by atoms with E-state index in [1.165, 1.54) is 6.21 Å². The third-order valence-electron chi connectivity index (χ3n) is 4.09. The summed E-state index contributed by atoms with van der Waals surface area (Å²) in [4.78, 5) is 22.1. The van der Waals surface area contributed by atoms with Gasteiger partial charge >= 0.3 is 0 Å². The number of carbonyl (C=O) groups is 1. The molecule has 7 heteroatoms. The molecule has 0 aliphatic rings. The minimum atomic E-state index is -0.549. The Balaban J connectivity index is 2.03. The average Bonchev–Trinajstić information content (AvgIpc) is 2.70. The van der Waals surface area contributed by atoms with E-state index >= 15 is 0 Å². The minimum absolute atomic E-state index is 0.0872. The molecule has 1 aromatic carbocycles. The maximum Gasteiger partial charge on any atom is 0.250 e. The van der Waals surface area contributed by atoms with Crippen molar-refractivity contribution in [3.05, 3.63) is 71.8 Å². The summed E-state index contributed by atoms with van der Waals surface area (Å²) in [5, 5.41) is 8.57. The SMILES string of the molecule is CN(C)/C=C(\C=N)c1cc(OCc2ncccc2C(N)=O)c2cccnc2c1. The fourth-order valence-electron chi connectivity index (χ4n) is 2.83. The average molecular weight is 375 g/mol. The summed E-state index contributed by atoms with van der Waals surface area (Å²) < 4.78 is 6.01. The Bertz CT molecular complexity index is 1060. The molecule has 1 amide bonds. The Morgan fingerprint density at radius 1 is 1.21 bits per heavy atom. The summed E-state index contributed by atoms with van der Waals surface area (Å²) in [6.07, 6.45) is 6.44. The van der Waals surface area contributed by atoms with Crippen LogP contribution in [-0.4, -0.2) is 41.1 Å². The Kier molecular flexibility index (Phi) is 5.64. The van der Waals surface area contributed by atoms with Gasteiger partial charge in [-0.2, -0.15) is 0 Å². The highest BCUT2D eigenvalue weighted by Gasteiger charge is 2.12. The first-order valence-corrected chi connectivity index (χ1v) is 8.64. The first kappa shape index (κ1) is 19.0. The summed E-state index contributed by atoms with van der Waals surface area (Å²) >= 11 is 0. The molecule has 3 aromatic rings. The molecule has 2 heterocycles. The fraction of sp³-hybridized carbons (Fsp3) is 0.143. The van der Waals surface area contributed by atoms with Crippen LogP contribution < -0.4 is 10.5 Å². The van der Waals surface area contributed by atoms with Crippen LogP contribution in [0.3, 0.4) is 0 Å². The van der Waals surface area contributed by atoms with Crippen molar-refractivity contribution in [3.8, 4) is 5.75 Å². The number of amides is 1. The molecule has 3 N–H and O–H groups in total. The molecule has 0 saturated heterocycles. The number of carbonyl (C=O) groups excluding carboxylic acids is 1. The number of nitrogens with two attached hydrogens (primary N) is 1. The Morgan fingerprint density at radius 2 is 1.96 bits per heavy atom. The maximum atomic E-state index is 11.6. The van der Waals surface area contributed by atoms with E-state index < -0.39 is 5.91 Å². The number of allylic oxidation sites excluding steroid dienone is 1. The van der Waals surface area contributed by atoms with Gasteiger partial charge in [0, 0.05) is 49.9 Å². The highest BCUT2D eigenvalue weighted by atomic mass is 16.5. The van der Waals surface area contributed by atoms with Crippen LogP contribution in [0.15, 0.2) is 55.0 Å². The third-order valence-corrected chi connectivity index (χ3v) is 4.09. The largest absolute Gasteiger partial charge is 0.487 e. The van der Waals surface area contributed by atoms with E-state index in [9.17, 15) is 4.79 Å². The molecule has 0 fully saturated rings. The molecule has 0 aliphatic heterocycles. The van der Waals surface area contributed by atoms with E-state index in [2.05, 4.69) is 9.97 Å². The van der Waals surface area contributed by atoms with Crippen molar-refractivity contribution in [2.45, 2.75) is 6.61 Å². The van der Waals surface area contributed by atoms with Gasteiger partial charge in [-0.15, -0.1) is 0 Å². The van der Waals surface area contributed by atoms with Crippen LogP contribution in [0.5, 0.6) is 5.75 Å². The van der Waals surface area contributed by atoms with Gasteiger partial charge in [-0.1, -0.05) is 0 Å². The Morgan fingerprint density at radius 3 is 2.68 bits per heavy atom. The van der Waals surface area contributed by atoms with Crippen molar-refractivity contribution in [2.24, 2.45) is 5.73 Å². The molecule has 28 heavy (non-hydrogen) atoms. The maximum absolute atomic E-state index is 11.6. The molecule has 0 aliphatic carbocycles. The molecule has 0 atom stereocenters. The number of fused-ring (bicyclic) bond motifs is 1. The quantitative estimate of drug-likeness (QED) is 0.618. The number of rotatable bonds is 7. The number of hydrogen-bond donors (Lipinski definition) is 2. The van der Waals surface area contributed by atoms with Crippen molar-refractivity contribution in [1.29, 1.82) is 5.41 Å². The van der Waals surface area contributed by atoms with Crippen LogP contribution in [0.1, 0.15) is 21.6 Å².